The van der Waals surface area contributed by atoms with E-state index in [2.05, 4.69) is 16.4 Å². The Balaban J connectivity index is 2.02. The molecular weight excluding hydrogens is 224 g/mol. The molecule has 0 amide bonds. The van der Waals surface area contributed by atoms with Crippen molar-refractivity contribution in [3.63, 3.8) is 0 Å². The Labute approximate surface area is 108 Å². The SMILES string of the molecule is CNC(COc1ccccc1)c1cncc(C)c1. The van der Waals surface area contributed by atoms with Crippen LogP contribution in [0.3, 0.4) is 0 Å². The molecule has 3 nitrogen and oxygen atoms in total. The van der Waals surface area contributed by atoms with Crippen LogP contribution in [0.4, 0.5) is 0 Å². The summed E-state index contributed by atoms with van der Waals surface area (Å²) in [5, 5.41) is 3.25. The van der Waals surface area contributed by atoms with Crippen LogP contribution in [0.25, 0.3) is 0 Å². The third kappa shape index (κ3) is 3.31. The molecule has 0 spiro atoms. The topological polar surface area (TPSA) is 34.1 Å². The van der Waals surface area contributed by atoms with E-state index >= 15 is 0 Å². The van der Waals surface area contributed by atoms with E-state index in [-0.39, 0.29) is 6.04 Å². The van der Waals surface area contributed by atoms with Crippen molar-refractivity contribution in [1.82, 2.24) is 10.3 Å². The lowest BCUT2D eigenvalue weighted by molar-refractivity contribution is 0.273. The van der Waals surface area contributed by atoms with Crippen molar-refractivity contribution >= 4 is 0 Å². The van der Waals surface area contributed by atoms with Gasteiger partial charge in [-0.2, -0.15) is 0 Å². The number of benzene rings is 1. The van der Waals surface area contributed by atoms with Gasteiger partial charge in [0, 0.05) is 12.4 Å². The summed E-state index contributed by atoms with van der Waals surface area (Å²) >= 11 is 0. The summed E-state index contributed by atoms with van der Waals surface area (Å²) in [6.07, 6.45) is 3.73. The minimum Gasteiger partial charge on any atom is -0.492 e. The number of hydrogen-bond acceptors (Lipinski definition) is 3. The average molecular weight is 242 g/mol. The Hall–Kier alpha value is -1.87. The Morgan fingerprint density at radius 1 is 1.22 bits per heavy atom. The quantitative estimate of drug-likeness (QED) is 0.875. The molecule has 0 aliphatic rings. The van der Waals surface area contributed by atoms with E-state index in [1.807, 2.05) is 56.7 Å². The van der Waals surface area contributed by atoms with Crippen molar-refractivity contribution in [2.24, 2.45) is 0 Å². The highest BCUT2D eigenvalue weighted by Crippen LogP contribution is 2.16. The number of rotatable bonds is 5. The molecule has 94 valence electrons. The van der Waals surface area contributed by atoms with Gasteiger partial charge >= 0.3 is 0 Å². The van der Waals surface area contributed by atoms with Gasteiger partial charge in [0.15, 0.2) is 0 Å². The van der Waals surface area contributed by atoms with Crippen LogP contribution in [-0.2, 0) is 0 Å². The van der Waals surface area contributed by atoms with Crippen molar-refractivity contribution in [1.29, 1.82) is 0 Å². The fourth-order valence-electron chi connectivity index (χ4n) is 1.81. The summed E-state index contributed by atoms with van der Waals surface area (Å²) in [7, 11) is 1.93. The minimum absolute atomic E-state index is 0.151. The largest absolute Gasteiger partial charge is 0.492 e. The summed E-state index contributed by atoms with van der Waals surface area (Å²) < 4.78 is 5.76. The lowest BCUT2D eigenvalue weighted by Crippen LogP contribution is -2.23. The third-order valence-corrected chi connectivity index (χ3v) is 2.81. The van der Waals surface area contributed by atoms with E-state index in [9.17, 15) is 0 Å². The van der Waals surface area contributed by atoms with E-state index in [4.69, 9.17) is 4.74 Å². The van der Waals surface area contributed by atoms with E-state index in [1.165, 1.54) is 0 Å². The van der Waals surface area contributed by atoms with Gasteiger partial charge < -0.3 is 10.1 Å². The Bertz CT molecular complexity index is 485. The number of para-hydroxylation sites is 1. The first-order valence-electron chi connectivity index (χ1n) is 6.06. The molecule has 2 rings (SSSR count). The standard InChI is InChI=1S/C15H18N2O/c1-12-8-13(10-17-9-12)15(16-2)11-18-14-6-4-3-5-7-14/h3-10,15-16H,11H2,1-2H3. The van der Waals surface area contributed by atoms with Crippen molar-refractivity contribution in [3.05, 3.63) is 59.9 Å². The van der Waals surface area contributed by atoms with Crippen LogP contribution in [0.15, 0.2) is 48.8 Å². The van der Waals surface area contributed by atoms with Crippen LogP contribution in [0.5, 0.6) is 5.75 Å². The summed E-state index contributed by atoms with van der Waals surface area (Å²) in [4.78, 5) is 4.21. The Morgan fingerprint density at radius 3 is 2.67 bits per heavy atom. The number of likely N-dealkylation sites (N-methyl/N-ethyl adjacent to an activating group) is 1. The predicted molar refractivity (Wildman–Crippen MR) is 72.7 cm³/mol. The maximum Gasteiger partial charge on any atom is 0.119 e. The van der Waals surface area contributed by atoms with Gasteiger partial charge in [-0.1, -0.05) is 24.3 Å². The van der Waals surface area contributed by atoms with Crippen molar-refractivity contribution in [3.8, 4) is 5.75 Å². The molecule has 0 radical (unpaired) electrons. The maximum absolute atomic E-state index is 5.76. The lowest BCUT2D eigenvalue weighted by atomic mass is 10.1. The molecule has 1 atom stereocenters. The van der Waals surface area contributed by atoms with Crippen LogP contribution in [0.2, 0.25) is 0 Å². The van der Waals surface area contributed by atoms with E-state index in [0.717, 1.165) is 16.9 Å². The molecule has 0 bridgehead atoms. The molecule has 1 N–H and O–H groups in total. The van der Waals surface area contributed by atoms with Gasteiger partial charge in [0.1, 0.15) is 12.4 Å². The number of aryl methyl sites for hydroxylation is 1. The first-order valence-corrected chi connectivity index (χ1v) is 6.06. The Morgan fingerprint density at radius 2 is 2.00 bits per heavy atom. The molecule has 0 saturated heterocycles. The summed E-state index contributed by atoms with van der Waals surface area (Å²) in [6, 6.07) is 12.1. The molecule has 3 heteroatoms. The van der Waals surface area contributed by atoms with Gasteiger partial charge in [0.25, 0.3) is 0 Å². The van der Waals surface area contributed by atoms with Crippen LogP contribution in [0, 0.1) is 6.92 Å². The number of nitrogens with one attached hydrogen (secondary N) is 1. The molecule has 1 aromatic carbocycles. The highest BCUT2D eigenvalue weighted by molar-refractivity contribution is 5.23. The molecule has 2 aromatic rings. The molecule has 0 aliphatic carbocycles. The number of aromatic nitrogens is 1. The summed E-state index contributed by atoms with van der Waals surface area (Å²) in [5.74, 6) is 0.887. The highest BCUT2D eigenvalue weighted by atomic mass is 16.5. The zero-order chi connectivity index (χ0) is 12.8. The molecule has 0 aliphatic heterocycles. The summed E-state index contributed by atoms with van der Waals surface area (Å²) in [5.41, 5.74) is 2.31. The highest BCUT2D eigenvalue weighted by Gasteiger charge is 2.10. The van der Waals surface area contributed by atoms with Crippen LogP contribution in [0.1, 0.15) is 17.2 Å². The molecule has 0 fully saturated rings. The fraction of sp³-hybridized carbons (Fsp3) is 0.267. The number of hydrogen-bond donors (Lipinski definition) is 1. The van der Waals surface area contributed by atoms with E-state index in [0.29, 0.717) is 6.61 Å². The molecule has 1 aromatic heterocycles. The molecule has 18 heavy (non-hydrogen) atoms. The molecule has 1 unspecified atom stereocenters. The van der Waals surface area contributed by atoms with Gasteiger partial charge in [-0.05, 0) is 37.2 Å². The monoisotopic (exact) mass is 242 g/mol. The second-order valence-corrected chi connectivity index (χ2v) is 4.26. The predicted octanol–water partition coefficient (Wildman–Crippen LogP) is 2.73. The molecular formula is C15H18N2O. The molecule has 0 saturated carbocycles. The smallest absolute Gasteiger partial charge is 0.119 e. The van der Waals surface area contributed by atoms with Crippen molar-refractivity contribution in [2.45, 2.75) is 13.0 Å². The zero-order valence-corrected chi connectivity index (χ0v) is 10.8. The third-order valence-electron chi connectivity index (χ3n) is 2.81. The number of pyridine rings is 1. The van der Waals surface area contributed by atoms with E-state index < -0.39 is 0 Å². The fourth-order valence-corrected chi connectivity index (χ4v) is 1.81. The van der Waals surface area contributed by atoms with Crippen LogP contribution in [-0.4, -0.2) is 18.6 Å². The first-order chi connectivity index (χ1) is 8.79. The van der Waals surface area contributed by atoms with Gasteiger partial charge in [-0.3, -0.25) is 4.98 Å². The van der Waals surface area contributed by atoms with E-state index in [1.54, 1.807) is 0 Å². The minimum atomic E-state index is 0.151. The van der Waals surface area contributed by atoms with Gasteiger partial charge in [0.05, 0.1) is 6.04 Å². The normalized spacial score (nSPS) is 12.1. The van der Waals surface area contributed by atoms with Crippen LogP contribution >= 0.6 is 0 Å². The molecule has 1 heterocycles. The van der Waals surface area contributed by atoms with Crippen molar-refractivity contribution < 1.29 is 4.74 Å². The first kappa shape index (κ1) is 12.6. The van der Waals surface area contributed by atoms with Crippen LogP contribution < -0.4 is 10.1 Å². The Kier molecular flexibility index (Phi) is 4.31. The average Bonchev–Trinajstić information content (AvgIpc) is 2.41. The summed E-state index contributed by atoms with van der Waals surface area (Å²) in [6.45, 7) is 2.63. The van der Waals surface area contributed by atoms with Crippen molar-refractivity contribution in [2.75, 3.05) is 13.7 Å². The second-order valence-electron chi connectivity index (χ2n) is 4.26. The maximum atomic E-state index is 5.76. The second kappa shape index (κ2) is 6.17. The zero-order valence-electron chi connectivity index (χ0n) is 10.8. The van der Waals surface area contributed by atoms with Gasteiger partial charge in [0.2, 0.25) is 0 Å². The lowest BCUT2D eigenvalue weighted by Gasteiger charge is -2.17. The van der Waals surface area contributed by atoms with Gasteiger partial charge in [-0.25, -0.2) is 0 Å². The number of ether oxygens (including phenoxy) is 1. The van der Waals surface area contributed by atoms with Gasteiger partial charge in [-0.15, -0.1) is 0 Å². The number of nitrogens with zero attached hydrogens (tertiary/aromatic N) is 1.